The fourth-order valence-electron chi connectivity index (χ4n) is 1.97. The topological polar surface area (TPSA) is 53.6 Å². The molecule has 0 radical (unpaired) electrons. The van der Waals surface area contributed by atoms with Gasteiger partial charge in [0, 0.05) is 18.9 Å². The predicted octanol–water partition coefficient (Wildman–Crippen LogP) is 2.90. The number of nitriles is 1. The molecular formula is C16H20N4. The molecule has 1 N–H and O–H groups in total. The molecule has 0 spiro atoms. The summed E-state index contributed by atoms with van der Waals surface area (Å²) in [6.45, 7) is 5.53. The van der Waals surface area contributed by atoms with Gasteiger partial charge in [-0.2, -0.15) is 10.4 Å². The average Bonchev–Trinajstić information content (AvgIpc) is 2.98. The molecule has 0 bridgehead atoms. The quantitative estimate of drug-likeness (QED) is 0.820. The first-order chi connectivity index (χ1) is 9.62. The van der Waals surface area contributed by atoms with Crippen molar-refractivity contribution < 1.29 is 0 Å². The van der Waals surface area contributed by atoms with Crippen molar-refractivity contribution in [3.8, 4) is 11.8 Å². The SMILES string of the molecule is CC(C)(C#N)CCNCc1ccccc1-n1cccn1. The third-order valence-corrected chi connectivity index (χ3v) is 3.29. The summed E-state index contributed by atoms with van der Waals surface area (Å²) in [6, 6.07) is 12.4. The normalized spacial score (nSPS) is 11.2. The molecule has 0 saturated carbocycles. The maximum Gasteiger partial charge on any atom is 0.0690 e. The van der Waals surface area contributed by atoms with Crippen LogP contribution in [0.2, 0.25) is 0 Å². The third kappa shape index (κ3) is 3.69. The summed E-state index contributed by atoms with van der Waals surface area (Å²) in [5, 5.41) is 16.7. The van der Waals surface area contributed by atoms with E-state index in [1.165, 1.54) is 5.56 Å². The Balaban J connectivity index is 1.96. The molecule has 0 aliphatic rings. The molecule has 0 amide bonds. The molecule has 1 aromatic carbocycles. The summed E-state index contributed by atoms with van der Waals surface area (Å²) in [5.74, 6) is 0. The Hall–Kier alpha value is -2.12. The van der Waals surface area contributed by atoms with E-state index in [2.05, 4.69) is 28.6 Å². The number of nitrogens with zero attached hydrogens (tertiary/aromatic N) is 3. The van der Waals surface area contributed by atoms with Crippen LogP contribution in [-0.4, -0.2) is 16.3 Å². The third-order valence-electron chi connectivity index (χ3n) is 3.29. The number of nitrogens with one attached hydrogen (secondary N) is 1. The van der Waals surface area contributed by atoms with Crippen LogP contribution in [0.3, 0.4) is 0 Å². The molecule has 2 rings (SSSR count). The van der Waals surface area contributed by atoms with Gasteiger partial charge in [0.05, 0.1) is 17.2 Å². The molecule has 4 nitrogen and oxygen atoms in total. The zero-order valence-electron chi connectivity index (χ0n) is 12.0. The van der Waals surface area contributed by atoms with Crippen molar-refractivity contribution in [2.75, 3.05) is 6.54 Å². The lowest BCUT2D eigenvalue weighted by molar-refractivity contribution is 0.432. The summed E-state index contributed by atoms with van der Waals surface area (Å²) < 4.78 is 1.87. The largest absolute Gasteiger partial charge is 0.313 e. The van der Waals surface area contributed by atoms with Crippen molar-refractivity contribution >= 4 is 0 Å². The Morgan fingerprint density at radius 2 is 2.10 bits per heavy atom. The summed E-state index contributed by atoms with van der Waals surface area (Å²) in [5.41, 5.74) is 2.02. The van der Waals surface area contributed by atoms with E-state index in [1.807, 2.05) is 42.9 Å². The summed E-state index contributed by atoms with van der Waals surface area (Å²) in [6.07, 6.45) is 4.56. The molecule has 0 fully saturated rings. The van der Waals surface area contributed by atoms with Gasteiger partial charge in [0.2, 0.25) is 0 Å². The van der Waals surface area contributed by atoms with Gasteiger partial charge in [-0.1, -0.05) is 18.2 Å². The van der Waals surface area contributed by atoms with Crippen molar-refractivity contribution in [1.82, 2.24) is 15.1 Å². The summed E-state index contributed by atoms with van der Waals surface area (Å²) >= 11 is 0. The Kier molecular flexibility index (Phi) is 4.54. The van der Waals surface area contributed by atoms with Gasteiger partial charge < -0.3 is 5.32 Å². The van der Waals surface area contributed by atoms with Gasteiger partial charge in [-0.05, 0) is 44.5 Å². The second kappa shape index (κ2) is 6.36. The maximum atomic E-state index is 8.99. The molecule has 4 heteroatoms. The van der Waals surface area contributed by atoms with Crippen LogP contribution in [0.4, 0.5) is 0 Å². The van der Waals surface area contributed by atoms with Crippen LogP contribution in [-0.2, 0) is 6.54 Å². The van der Waals surface area contributed by atoms with Crippen molar-refractivity contribution in [3.63, 3.8) is 0 Å². The molecular weight excluding hydrogens is 248 g/mol. The maximum absolute atomic E-state index is 8.99. The highest BCUT2D eigenvalue weighted by Gasteiger charge is 2.15. The van der Waals surface area contributed by atoms with E-state index < -0.39 is 0 Å². The van der Waals surface area contributed by atoms with Crippen LogP contribution in [0.1, 0.15) is 25.8 Å². The van der Waals surface area contributed by atoms with Crippen LogP contribution in [0.15, 0.2) is 42.7 Å². The first-order valence-corrected chi connectivity index (χ1v) is 6.82. The van der Waals surface area contributed by atoms with Crippen molar-refractivity contribution in [1.29, 1.82) is 5.26 Å². The van der Waals surface area contributed by atoms with Gasteiger partial charge in [0.1, 0.15) is 0 Å². The van der Waals surface area contributed by atoms with E-state index in [4.69, 9.17) is 5.26 Å². The zero-order chi connectivity index (χ0) is 14.4. The minimum Gasteiger partial charge on any atom is -0.313 e. The van der Waals surface area contributed by atoms with Crippen molar-refractivity contribution in [2.24, 2.45) is 5.41 Å². The summed E-state index contributed by atoms with van der Waals surface area (Å²) in [7, 11) is 0. The fraction of sp³-hybridized carbons (Fsp3) is 0.375. The van der Waals surface area contributed by atoms with Crippen LogP contribution in [0.25, 0.3) is 5.69 Å². The lowest BCUT2D eigenvalue weighted by Gasteiger charge is -2.16. The fourth-order valence-corrected chi connectivity index (χ4v) is 1.97. The first-order valence-electron chi connectivity index (χ1n) is 6.82. The van der Waals surface area contributed by atoms with E-state index in [0.29, 0.717) is 0 Å². The molecule has 1 heterocycles. The Bertz CT molecular complexity index is 579. The second-order valence-electron chi connectivity index (χ2n) is 5.50. The van der Waals surface area contributed by atoms with Gasteiger partial charge in [-0.3, -0.25) is 0 Å². The van der Waals surface area contributed by atoms with E-state index in [1.54, 1.807) is 6.20 Å². The van der Waals surface area contributed by atoms with Crippen molar-refractivity contribution in [2.45, 2.75) is 26.8 Å². The zero-order valence-corrected chi connectivity index (χ0v) is 12.0. The molecule has 20 heavy (non-hydrogen) atoms. The molecule has 2 aromatic rings. The van der Waals surface area contributed by atoms with Gasteiger partial charge >= 0.3 is 0 Å². The highest BCUT2D eigenvalue weighted by Crippen LogP contribution is 2.18. The first kappa shape index (κ1) is 14.3. The predicted molar refractivity (Wildman–Crippen MR) is 79.3 cm³/mol. The van der Waals surface area contributed by atoms with E-state index >= 15 is 0 Å². The number of para-hydroxylation sites is 1. The Morgan fingerprint density at radius 1 is 1.30 bits per heavy atom. The molecule has 0 atom stereocenters. The number of hydrogen-bond acceptors (Lipinski definition) is 3. The summed E-state index contributed by atoms with van der Waals surface area (Å²) in [4.78, 5) is 0. The van der Waals surface area contributed by atoms with Gasteiger partial charge in [0.25, 0.3) is 0 Å². The van der Waals surface area contributed by atoms with Crippen molar-refractivity contribution in [3.05, 3.63) is 48.3 Å². The molecule has 0 unspecified atom stereocenters. The monoisotopic (exact) mass is 268 g/mol. The molecule has 0 aliphatic carbocycles. The minimum absolute atomic E-state index is 0.269. The lowest BCUT2D eigenvalue weighted by Crippen LogP contribution is -2.21. The van der Waals surface area contributed by atoms with E-state index in [0.717, 1.165) is 25.2 Å². The second-order valence-corrected chi connectivity index (χ2v) is 5.50. The Morgan fingerprint density at radius 3 is 2.80 bits per heavy atom. The molecule has 104 valence electrons. The van der Waals surface area contributed by atoms with Crippen LogP contribution in [0.5, 0.6) is 0 Å². The van der Waals surface area contributed by atoms with Crippen LogP contribution >= 0.6 is 0 Å². The number of benzene rings is 1. The number of hydrogen-bond donors (Lipinski definition) is 1. The van der Waals surface area contributed by atoms with Gasteiger partial charge in [-0.15, -0.1) is 0 Å². The van der Waals surface area contributed by atoms with Gasteiger partial charge in [-0.25, -0.2) is 4.68 Å². The number of aromatic nitrogens is 2. The highest BCUT2D eigenvalue weighted by molar-refractivity contribution is 5.40. The van der Waals surface area contributed by atoms with E-state index in [-0.39, 0.29) is 5.41 Å². The molecule has 0 aliphatic heterocycles. The standard InChI is InChI=1S/C16H20N4/c1-16(2,13-17)8-10-18-12-14-6-3-4-7-15(14)20-11-5-9-19-20/h3-7,9,11,18H,8,10,12H2,1-2H3. The smallest absolute Gasteiger partial charge is 0.0690 e. The number of rotatable bonds is 6. The highest BCUT2D eigenvalue weighted by atomic mass is 15.3. The molecule has 1 aromatic heterocycles. The lowest BCUT2D eigenvalue weighted by atomic mass is 9.91. The van der Waals surface area contributed by atoms with Crippen LogP contribution < -0.4 is 5.32 Å². The average molecular weight is 268 g/mol. The Labute approximate surface area is 120 Å². The minimum atomic E-state index is -0.269. The van der Waals surface area contributed by atoms with E-state index in [9.17, 15) is 0 Å². The van der Waals surface area contributed by atoms with Gasteiger partial charge in [0.15, 0.2) is 0 Å². The van der Waals surface area contributed by atoms with Crippen LogP contribution in [0, 0.1) is 16.7 Å². The molecule has 0 saturated heterocycles.